The molecule has 1 fully saturated rings. The van der Waals surface area contributed by atoms with Gasteiger partial charge in [-0.2, -0.15) is 0 Å². The fraction of sp³-hybridized carbons (Fsp3) is 0.353. The van der Waals surface area contributed by atoms with Gasteiger partial charge in [0.05, 0.1) is 17.2 Å². The van der Waals surface area contributed by atoms with Crippen LogP contribution < -0.4 is 15.8 Å². The number of piperazine rings is 1. The van der Waals surface area contributed by atoms with Crippen molar-refractivity contribution in [2.24, 2.45) is 0 Å². The van der Waals surface area contributed by atoms with Gasteiger partial charge in [0.25, 0.3) is 0 Å². The second kappa shape index (κ2) is 8.84. The molecule has 1 saturated heterocycles. The molecule has 11 heteroatoms. The van der Waals surface area contributed by atoms with Crippen molar-refractivity contribution in [3.05, 3.63) is 46.8 Å². The molecular formula is C17H21N7O4. The van der Waals surface area contributed by atoms with Crippen LogP contribution in [0.15, 0.2) is 36.7 Å². The molecule has 0 unspecified atom stereocenters. The van der Waals surface area contributed by atoms with Crippen LogP contribution in [0.1, 0.15) is 6.92 Å². The molecule has 0 spiro atoms. The molecule has 1 amide bonds. The third-order valence-corrected chi connectivity index (χ3v) is 4.19. The minimum Gasteiger partial charge on any atom is -0.450 e. The highest BCUT2D eigenvalue weighted by Crippen LogP contribution is 2.32. The van der Waals surface area contributed by atoms with Gasteiger partial charge in [0.2, 0.25) is 11.6 Å². The van der Waals surface area contributed by atoms with Crippen LogP contribution in [0.2, 0.25) is 0 Å². The van der Waals surface area contributed by atoms with Crippen LogP contribution in [0.25, 0.3) is 0 Å². The normalized spacial score (nSPS) is 13.8. The van der Waals surface area contributed by atoms with E-state index in [-0.39, 0.29) is 23.4 Å². The van der Waals surface area contributed by atoms with E-state index in [0.717, 1.165) is 5.69 Å². The molecule has 2 N–H and O–H groups in total. The Morgan fingerprint density at radius 3 is 2.54 bits per heavy atom. The minimum absolute atomic E-state index is 0.0617. The summed E-state index contributed by atoms with van der Waals surface area (Å²) in [5.41, 5.74) is 6.18. The maximum absolute atomic E-state index is 11.8. The van der Waals surface area contributed by atoms with Crippen molar-refractivity contribution in [1.29, 1.82) is 0 Å². The van der Waals surface area contributed by atoms with E-state index in [2.05, 4.69) is 20.8 Å². The first-order valence-electron chi connectivity index (χ1n) is 8.83. The molecule has 0 saturated carbocycles. The van der Waals surface area contributed by atoms with Gasteiger partial charge in [0.15, 0.2) is 0 Å². The highest BCUT2D eigenvalue weighted by Gasteiger charge is 2.30. The van der Waals surface area contributed by atoms with E-state index in [1.165, 1.54) is 6.33 Å². The second-order valence-corrected chi connectivity index (χ2v) is 5.94. The quantitative estimate of drug-likeness (QED) is 0.566. The number of para-hydroxylation sites is 1. The highest BCUT2D eigenvalue weighted by atomic mass is 16.6. The number of ether oxygens (including phenoxy) is 1. The second-order valence-electron chi connectivity index (χ2n) is 5.94. The van der Waals surface area contributed by atoms with Gasteiger partial charge >= 0.3 is 11.8 Å². The number of rotatable bonds is 6. The van der Waals surface area contributed by atoms with Gasteiger partial charge < -0.3 is 14.5 Å². The van der Waals surface area contributed by atoms with Crippen molar-refractivity contribution >= 4 is 29.1 Å². The summed E-state index contributed by atoms with van der Waals surface area (Å²) in [6, 6.07) is 9.18. The molecule has 28 heavy (non-hydrogen) atoms. The van der Waals surface area contributed by atoms with E-state index in [1.54, 1.807) is 16.7 Å². The van der Waals surface area contributed by atoms with Crippen molar-refractivity contribution in [1.82, 2.24) is 14.9 Å². The lowest BCUT2D eigenvalue weighted by molar-refractivity contribution is -0.383. The van der Waals surface area contributed by atoms with Gasteiger partial charge in [0, 0.05) is 26.2 Å². The lowest BCUT2D eigenvalue weighted by Crippen LogP contribution is -2.49. The Morgan fingerprint density at radius 2 is 1.89 bits per heavy atom. The summed E-state index contributed by atoms with van der Waals surface area (Å²) < 4.78 is 4.99. The van der Waals surface area contributed by atoms with Crippen LogP contribution in [0.4, 0.5) is 27.8 Å². The maximum atomic E-state index is 11.8. The zero-order valence-electron chi connectivity index (χ0n) is 15.4. The van der Waals surface area contributed by atoms with E-state index < -0.39 is 4.92 Å². The number of carbonyl (C=O) groups excluding carboxylic acids is 1. The Kier molecular flexibility index (Phi) is 6.04. The number of hydrogen-bond acceptors (Lipinski definition) is 9. The number of anilines is 3. The van der Waals surface area contributed by atoms with Crippen molar-refractivity contribution in [2.75, 3.05) is 48.5 Å². The molecule has 0 radical (unpaired) electrons. The topological polar surface area (TPSA) is 126 Å². The predicted molar refractivity (Wildman–Crippen MR) is 103 cm³/mol. The number of amides is 1. The number of hydrazine groups is 1. The van der Waals surface area contributed by atoms with Crippen LogP contribution in [0.3, 0.4) is 0 Å². The first-order chi connectivity index (χ1) is 13.6. The number of carbonyl (C=O) groups is 1. The summed E-state index contributed by atoms with van der Waals surface area (Å²) in [6.45, 7) is 3.65. The Hall–Kier alpha value is -3.63. The Balaban J connectivity index is 1.75. The molecular weight excluding hydrogens is 366 g/mol. The van der Waals surface area contributed by atoms with Crippen molar-refractivity contribution in [3.63, 3.8) is 0 Å². The van der Waals surface area contributed by atoms with Gasteiger partial charge in [-0.1, -0.05) is 18.2 Å². The average Bonchev–Trinajstić information content (AvgIpc) is 2.73. The molecule has 1 aromatic carbocycles. The third-order valence-electron chi connectivity index (χ3n) is 4.19. The molecule has 1 aromatic heterocycles. The van der Waals surface area contributed by atoms with E-state index >= 15 is 0 Å². The fourth-order valence-corrected chi connectivity index (χ4v) is 2.83. The highest BCUT2D eigenvalue weighted by molar-refractivity contribution is 5.72. The van der Waals surface area contributed by atoms with Crippen molar-refractivity contribution < 1.29 is 14.5 Å². The predicted octanol–water partition coefficient (Wildman–Crippen LogP) is 2.10. The van der Waals surface area contributed by atoms with Gasteiger partial charge in [-0.3, -0.25) is 21.0 Å². The van der Waals surface area contributed by atoms with Crippen molar-refractivity contribution in [3.8, 4) is 0 Å². The number of hydrogen-bond donors (Lipinski definition) is 2. The summed E-state index contributed by atoms with van der Waals surface area (Å²) >= 11 is 0. The molecule has 1 aliphatic heterocycles. The molecule has 0 aliphatic carbocycles. The zero-order valence-corrected chi connectivity index (χ0v) is 15.4. The Bertz CT molecular complexity index is 826. The van der Waals surface area contributed by atoms with Crippen LogP contribution >= 0.6 is 0 Å². The molecule has 148 valence electrons. The summed E-state index contributed by atoms with van der Waals surface area (Å²) in [5, 5.41) is 11.7. The molecule has 3 rings (SSSR count). The first kappa shape index (κ1) is 19.1. The Morgan fingerprint density at radius 1 is 1.18 bits per heavy atom. The van der Waals surface area contributed by atoms with E-state index in [4.69, 9.17) is 4.74 Å². The lowest BCUT2D eigenvalue weighted by atomic mass is 10.3. The smallest absolute Gasteiger partial charge is 0.409 e. The molecule has 0 atom stereocenters. The minimum atomic E-state index is -0.512. The summed E-state index contributed by atoms with van der Waals surface area (Å²) in [7, 11) is 0. The summed E-state index contributed by atoms with van der Waals surface area (Å²) in [6.07, 6.45) is 0.892. The molecule has 0 bridgehead atoms. The van der Waals surface area contributed by atoms with Crippen LogP contribution in [-0.4, -0.2) is 58.7 Å². The van der Waals surface area contributed by atoms with Gasteiger partial charge in [-0.25, -0.2) is 14.8 Å². The molecule has 2 aromatic rings. The Labute approximate surface area is 161 Å². The molecule has 11 nitrogen and oxygen atoms in total. The number of nitrogens with one attached hydrogen (secondary N) is 2. The van der Waals surface area contributed by atoms with Gasteiger partial charge in [0.1, 0.15) is 6.33 Å². The number of benzene rings is 1. The van der Waals surface area contributed by atoms with Gasteiger partial charge in [-0.05, 0) is 19.1 Å². The third kappa shape index (κ3) is 4.37. The number of aromatic nitrogens is 2. The summed E-state index contributed by atoms with van der Waals surface area (Å²) in [4.78, 5) is 34.5. The SMILES string of the molecule is CCOC(=O)N1CCN(c2ncnc(NNc3ccccc3)c2[N+](=O)[O-])CC1. The fourth-order valence-electron chi connectivity index (χ4n) is 2.83. The van der Waals surface area contributed by atoms with Crippen molar-refractivity contribution in [2.45, 2.75) is 6.92 Å². The standard InChI is InChI=1S/C17H21N7O4/c1-2-28-17(25)23-10-8-22(9-11-23)16-14(24(26)27)15(18-12-19-16)21-20-13-6-4-3-5-7-13/h3-7,12,20H,2,8-11H2,1H3,(H,18,19,21). The van der Waals surface area contributed by atoms with E-state index in [1.807, 2.05) is 30.3 Å². The van der Waals surface area contributed by atoms with E-state index in [0.29, 0.717) is 32.8 Å². The van der Waals surface area contributed by atoms with Gasteiger partial charge in [-0.15, -0.1) is 0 Å². The molecule has 1 aliphatic rings. The monoisotopic (exact) mass is 387 g/mol. The van der Waals surface area contributed by atoms with Crippen LogP contribution in [0, 0.1) is 10.1 Å². The average molecular weight is 387 g/mol. The van der Waals surface area contributed by atoms with Crippen LogP contribution in [-0.2, 0) is 4.74 Å². The largest absolute Gasteiger partial charge is 0.450 e. The van der Waals surface area contributed by atoms with Crippen LogP contribution in [0.5, 0.6) is 0 Å². The lowest BCUT2D eigenvalue weighted by Gasteiger charge is -2.34. The first-order valence-corrected chi connectivity index (χ1v) is 8.83. The van der Waals surface area contributed by atoms with E-state index in [9.17, 15) is 14.9 Å². The number of nitro groups is 1. The zero-order chi connectivity index (χ0) is 19.9. The molecule has 2 heterocycles. The maximum Gasteiger partial charge on any atom is 0.409 e. The summed E-state index contributed by atoms with van der Waals surface area (Å²) in [5.74, 6) is 0.271. The number of nitrogens with zero attached hydrogens (tertiary/aromatic N) is 5.